The largest absolute Gasteiger partial charge is 0.393 e. The average molecular weight is 753 g/mol. The molecule has 0 amide bonds. The fraction of sp³-hybridized carbons (Fsp3) is 0.947. The van der Waals surface area contributed by atoms with Gasteiger partial charge in [0.1, 0.15) is 0 Å². The number of hydrogen-bond donors (Lipinski definition) is 3. The van der Waals surface area contributed by atoms with Crippen LogP contribution in [0.2, 0.25) is 0 Å². The van der Waals surface area contributed by atoms with Gasteiger partial charge in [0, 0.05) is 10.8 Å². The maximum atomic E-state index is 13.5. The van der Waals surface area contributed by atoms with E-state index in [0.717, 1.165) is 77.0 Å². The molecule has 0 aromatic rings. The van der Waals surface area contributed by atoms with Gasteiger partial charge in [-0.3, -0.25) is 9.59 Å². The number of ketones is 2. The zero-order valence-corrected chi connectivity index (χ0v) is 31.0. The molecule has 0 heterocycles. The van der Waals surface area contributed by atoms with Gasteiger partial charge in [-0.25, -0.2) is 0 Å². The molecule has 0 bridgehead atoms. The van der Waals surface area contributed by atoms with Crippen molar-refractivity contribution in [1.82, 2.24) is 0 Å². The fourth-order valence-corrected chi connectivity index (χ4v) is 17.5. The van der Waals surface area contributed by atoms with Crippen LogP contribution in [0.25, 0.3) is 0 Å². The first-order chi connectivity index (χ1) is 21.1. The quantitative estimate of drug-likeness (QED) is 0.246. The Morgan fingerprint density at radius 3 is 1.96 bits per heavy atom. The monoisotopic (exact) mass is 750 g/mol. The van der Waals surface area contributed by atoms with Crippen LogP contribution < -0.4 is 0 Å². The Bertz CT molecular complexity index is 1270. The third-order valence-electron chi connectivity index (χ3n) is 17.7. The summed E-state index contributed by atoms with van der Waals surface area (Å²) in [6.45, 7) is 9.53. The molecular formula is C38H56Br2O5. The standard InChI is InChI=1S/C38H56Br2O5/c1-34-10-8-23-22(25(34)15-27(39)32(34)44)6-5-19-13-21(42)14-30(37(19,23)4)38-17-20(41)7-12-36(38,3)24-9-11-35(2)26(16-28(40)33(35)45)31(24)29(43)18-38/h19-31,41-43H,5-18H2,1-4H3/t19?,20?,21?,22-,23-,24-,25+,26+,27?,28?,29?,30?,31-,34+,35+,36-,37+,38?/m1/s1. The van der Waals surface area contributed by atoms with E-state index >= 15 is 0 Å². The Kier molecular flexibility index (Phi) is 7.45. The van der Waals surface area contributed by atoms with Gasteiger partial charge in [-0.1, -0.05) is 59.6 Å². The van der Waals surface area contributed by atoms with Gasteiger partial charge in [0.05, 0.1) is 28.0 Å². The van der Waals surface area contributed by atoms with Gasteiger partial charge in [-0.2, -0.15) is 0 Å². The summed E-state index contributed by atoms with van der Waals surface area (Å²) < 4.78 is 0. The molecule has 7 heteroatoms. The van der Waals surface area contributed by atoms with Crippen LogP contribution in [0, 0.1) is 74.4 Å². The van der Waals surface area contributed by atoms with Crippen molar-refractivity contribution < 1.29 is 24.9 Å². The first-order valence-corrected chi connectivity index (χ1v) is 20.4. The van der Waals surface area contributed by atoms with E-state index in [9.17, 15) is 24.9 Å². The predicted octanol–water partition coefficient (Wildman–Crippen LogP) is 7.25. The van der Waals surface area contributed by atoms with Gasteiger partial charge < -0.3 is 15.3 Å². The van der Waals surface area contributed by atoms with Crippen LogP contribution in [0.4, 0.5) is 0 Å². The second kappa shape index (κ2) is 10.4. The number of hydrogen-bond acceptors (Lipinski definition) is 5. The minimum atomic E-state index is -0.500. The average Bonchev–Trinajstić information content (AvgIpc) is 3.36. The molecule has 8 fully saturated rings. The predicted molar refractivity (Wildman–Crippen MR) is 181 cm³/mol. The summed E-state index contributed by atoms with van der Waals surface area (Å²) in [6.07, 6.45) is 11.4. The Morgan fingerprint density at radius 2 is 1.27 bits per heavy atom. The van der Waals surface area contributed by atoms with E-state index in [1.54, 1.807) is 0 Å². The van der Waals surface area contributed by atoms with Crippen LogP contribution in [0.1, 0.15) is 118 Å². The highest BCUT2D eigenvalue weighted by molar-refractivity contribution is 9.10. The van der Waals surface area contributed by atoms with E-state index in [2.05, 4.69) is 59.6 Å². The number of carbonyl (C=O) groups excluding carboxylic acids is 2. The Morgan fingerprint density at radius 1 is 0.644 bits per heavy atom. The van der Waals surface area contributed by atoms with Gasteiger partial charge in [0.2, 0.25) is 0 Å². The molecule has 18 atom stereocenters. The van der Waals surface area contributed by atoms with Crippen LogP contribution in [0.15, 0.2) is 0 Å². The van der Waals surface area contributed by atoms with Crippen LogP contribution in [-0.4, -0.2) is 54.9 Å². The second-order valence-electron chi connectivity index (χ2n) is 18.8. The van der Waals surface area contributed by atoms with Crippen molar-refractivity contribution in [3.63, 3.8) is 0 Å². The highest BCUT2D eigenvalue weighted by Crippen LogP contribution is 2.77. The van der Waals surface area contributed by atoms with Crippen molar-refractivity contribution in [2.75, 3.05) is 0 Å². The molecular weight excluding hydrogens is 696 g/mol. The van der Waals surface area contributed by atoms with Gasteiger partial charge in [-0.15, -0.1) is 0 Å². The topological polar surface area (TPSA) is 94.8 Å². The maximum absolute atomic E-state index is 13.5. The number of carbonyl (C=O) groups is 2. The number of alkyl halides is 2. The summed E-state index contributed by atoms with van der Waals surface area (Å²) in [5.41, 5.74) is -0.937. The summed E-state index contributed by atoms with van der Waals surface area (Å²) >= 11 is 7.50. The van der Waals surface area contributed by atoms with Crippen LogP contribution in [-0.2, 0) is 9.59 Å². The highest BCUT2D eigenvalue weighted by Gasteiger charge is 2.74. The maximum Gasteiger partial charge on any atom is 0.152 e. The lowest BCUT2D eigenvalue weighted by molar-refractivity contribution is -0.276. The van der Waals surface area contributed by atoms with Crippen LogP contribution >= 0.6 is 31.9 Å². The number of aliphatic hydroxyl groups is 3. The highest BCUT2D eigenvalue weighted by atomic mass is 79.9. The molecule has 8 saturated carbocycles. The molecule has 45 heavy (non-hydrogen) atoms. The summed E-state index contributed by atoms with van der Waals surface area (Å²) in [4.78, 5) is 26.8. The summed E-state index contributed by atoms with van der Waals surface area (Å²) in [5.74, 6) is 3.43. The smallest absolute Gasteiger partial charge is 0.152 e. The molecule has 0 radical (unpaired) electrons. The molecule has 8 aliphatic rings. The van der Waals surface area contributed by atoms with Gasteiger partial charge >= 0.3 is 0 Å². The van der Waals surface area contributed by atoms with E-state index in [4.69, 9.17) is 0 Å². The molecule has 0 aliphatic heterocycles. The van der Waals surface area contributed by atoms with Gasteiger partial charge in [0.25, 0.3) is 0 Å². The zero-order chi connectivity index (χ0) is 32.1. The molecule has 0 aromatic carbocycles. The lowest BCUT2D eigenvalue weighted by Gasteiger charge is -2.73. The third-order valence-corrected chi connectivity index (χ3v) is 19.3. The molecule has 5 nitrogen and oxygen atoms in total. The van der Waals surface area contributed by atoms with Crippen molar-refractivity contribution in [1.29, 1.82) is 0 Å². The van der Waals surface area contributed by atoms with Crippen LogP contribution in [0.5, 0.6) is 0 Å². The van der Waals surface area contributed by atoms with Crippen molar-refractivity contribution in [3.8, 4) is 0 Å². The SMILES string of the molecule is C[C@]12C(CC[C@@H]3[C@H]1CC[C@]1(C)C(=O)C(Br)C[C@@H]31)CC(O)CC2C12CC(O)CC[C@]1(C)[C@@H]1CC[C@]3(C)C(=O)C(Br)C[C@H]3[C@@H]1C(O)C2. The first kappa shape index (κ1) is 32.4. The van der Waals surface area contributed by atoms with E-state index in [1.165, 1.54) is 0 Å². The van der Waals surface area contributed by atoms with Gasteiger partial charge in [0.15, 0.2) is 11.6 Å². The second-order valence-corrected chi connectivity index (χ2v) is 21.0. The summed E-state index contributed by atoms with van der Waals surface area (Å²) in [6, 6.07) is 0. The molecule has 0 spiro atoms. The minimum Gasteiger partial charge on any atom is -0.393 e. The van der Waals surface area contributed by atoms with Crippen molar-refractivity contribution in [2.24, 2.45) is 74.4 Å². The molecule has 3 N–H and O–H groups in total. The summed E-state index contributed by atoms with van der Waals surface area (Å²) in [5, 5.41) is 35.7. The lowest BCUT2D eigenvalue weighted by atomic mass is 9.31. The minimum absolute atomic E-state index is 0.00470. The number of Topliss-reactive ketones (excluding diaryl/α,β-unsaturated/α-hetero) is 2. The molecule has 0 aromatic heterocycles. The Hall–Kier alpha value is 0.180. The summed E-state index contributed by atoms with van der Waals surface area (Å²) in [7, 11) is 0. The number of halogens is 2. The Labute approximate surface area is 287 Å². The van der Waals surface area contributed by atoms with Crippen molar-refractivity contribution in [3.05, 3.63) is 0 Å². The molecule has 252 valence electrons. The van der Waals surface area contributed by atoms with E-state index in [0.29, 0.717) is 54.0 Å². The molecule has 8 unspecified atom stereocenters. The first-order valence-electron chi connectivity index (χ1n) is 18.5. The van der Waals surface area contributed by atoms with E-state index in [1.807, 2.05) is 0 Å². The van der Waals surface area contributed by atoms with Gasteiger partial charge in [-0.05, 0) is 153 Å². The molecule has 8 aliphatic carbocycles. The number of rotatable bonds is 1. The zero-order valence-electron chi connectivity index (χ0n) is 27.8. The Balaban J connectivity index is 1.23. The molecule has 8 rings (SSSR count). The number of aliphatic hydroxyl groups excluding tert-OH is 3. The number of fused-ring (bicyclic) bond motifs is 10. The van der Waals surface area contributed by atoms with Crippen molar-refractivity contribution >= 4 is 43.4 Å². The molecule has 0 saturated heterocycles. The van der Waals surface area contributed by atoms with E-state index < -0.39 is 6.10 Å². The third kappa shape index (κ3) is 4.00. The lowest BCUT2D eigenvalue weighted by Crippen LogP contribution is -2.70. The van der Waals surface area contributed by atoms with Crippen molar-refractivity contribution in [2.45, 2.75) is 146 Å². The fourth-order valence-electron chi connectivity index (χ4n) is 15.7. The normalized spacial score (nSPS) is 62.3. The van der Waals surface area contributed by atoms with E-state index in [-0.39, 0.29) is 66.7 Å². The van der Waals surface area contributed by atoms with Crippen LogP contribution in [0.3, 0.4) is 0 Å².